The molecule has 0 radical (unpaired) electrons. The first-order valence-corrected chi connectivity index (χ1v) is 7.57. The van der Waals surface area contributed by atoms with Gasteiger partial charge in [0.05, 0.1) is 17.5 Å². The second-order valence-corrected chi connectivity index (χ2v) is 6.00. The van der Waals surface area contributed by atoms with Crippen LogP contribution in [0.25, 0.3) is 10.9 Å². The van der Waals surface area contributed by atoms with Crippen molar-refractivity contribution in [2.45, 2.75) is 38.1 Å². The van der Waals surface area contributed by atoms with E-state index in [2.05, 4.69) is 10.3 Å². The predicted molar refractivity (Wildman–Crippen MR) is 82.9 cm³/mol. The van der Waals surface area contributed by atoms with Gasteiger partial charge in [-0.2, -0.15) is 0 Å². The first kappa shape index (κ1) is 15.4. The maximum Gasteiger partial charge on any atom is 0.305 e. The van der Waals surface area contributed by atoms with Gasteiger partial charge < -0.3 is 10.4 Å². The lowest BCUT2D eigenvalue weighted by atomic mass is 10.0. The predicted octanol–water partition coefficient (Wildman–Crippen LogP) is 2.84. The molecule has 0 spiro atoms. The lowest BCUT2D eigenvalue weighted by Crippen LogP contribution is -2.34. The van der Waals surface area contributed by atoms with E-state index in [1.54, 1.807) is 19.1 Å². The minimum absolute atomic E-state index is 0.168. The monoisotopic (exact) mass is 316 g/mol. The van der Waals surface area contributed by atoms with E-state index in [9.17, 15) is 14.0 Å². The molecule has 1 unspecified atom stereocenters. The topological polar surface area (TPSA) is 79.3 Å². The van der Waals surface area contributed by atoms with Gasteiger partial charge in [-0.25, -0.2) is 4.39 Å². The highest BCUT2D eigenvalue weighted by molar-refractivity contribution is 6.06. The maximum atomic E-state index is 13.5. The summed E-state index contributed by atoms with van der Waals surface area (Å²) in [6.45, 7) is 1.62. The van der Waals surface area contributed by atoms with Crippen LogP contribution in [-0.2, 0) is 4.79 Å². The Kier molecular flexibility index (Phi) is 3.98. The van der Waals surface area contributed by atoms with Crippen LogP contribution in [0.3, 0.4) is 0 Å². The first-order valence-electron chi connectivity index (χ1n) is 7.57. The van der Waals surface area contributed by atoms with E-state index in [0.29, 0.717) is 22.4 Å². The third kappa shape index (κ3) is 3.47. The molecule has 1 amide bonds. The molecule has 120 valence electrons. The van der Waals surface area contributed by atoms with Crippen molar-refractivity contribution in [1.82, 2.24) is 10.3 Å². The van der Waals surface area contributed by atoms with E-state index >= 15 is 0 Å². The Bertz CT molecular complexity index is 787. The summed E-state index contributed by atoms with van der Waals surface area (Å²) in [6.07, 6.45) is 1.91. The van der Waals surface area contributed by atoms with E-state index in [4.69, 9.17) is 5.11 Å². The van der Waals surface area contributed by atoms with Crippen molar-refractivity contribution < 1.29 is 19.1 Å². The minimum atomic E-state index is -0.984. The zero-order valence-corrected chi connectivity index (χ0v) is 12.7. The molecule has 1 aliphatic rings. The Morgan fingerprint density at radius 1 is 1.39 bits per heavy atom. The largest absolute Gasteiger partial charge is 0.481 e. The second-order valence-electron chi connectivity index (χ2n) is 6.00. The first-order chi connectivity index (χ1) is 10.9. The number of nitrogens with zero attached hydrogens (tertiary/aromatic N) is 1. The number of aliphatic carboxylic acids is 1. The lowest BCUT2D eigenvalue weighted by molar-refractivity contribution is -0.137. The fourth-order valence-corrected chi connectivity index (χ4v) is 2.61. The van der Waals surface area contributed by atoms with Crippen LogP contribution in [0.2, 0.25) is 0 Å². The van der Waals surface area contributed by atoms with Gasteiger partial charge in [-0.15, -0.1) is 0 Å². The van der Waals surface area contributed by atoms with Crippen LogP contribution in [0, 0.1) is 5.82 Å². The minimum Gasteiger partial charge on any atom is -0.481 e. The Hall–Kier alpha value is -2.50. The average molecular weight is 316 g/mol. The summed E-state index contributed by atoms with van der Waals surface area (Å²) >= 11 is 0. The van der Waals surface area contributed by atoms with Crippen LogP contribution in [0.5, 0.6) is 0 Å². The lowest BCUT2D eigenvalue weighted by Gasteiger charge is -2.14. The number of carboxylic acid groups (broad SMARTS) is 1. The van der Waals surface area contributed by atoms with Crippen molar-refractivity contribution >= 4 is 22.8 Å². The number of fused-ring (bicyclic) bond motifs is 1. The molecule has 23 heavy (non-hydrogen) atoms. The number of amides is 1. The van der Waals surface area contributed by atoms with Gasteiger partial charge in [0.15, 0.2) is 0 Å². The Morgan fingerprint density at radius 2 is 2.13 bits per heavy atom. The van der Waals surface area contributed by atoms with Crippen molar-refractivity contribution in [2.24, 2.45) is 0 Å². The molecule has 1 aromatic carbocycles. The van der Waals surface area contributed by atoms with Gasteiger partial charge in [-0.05, 0) is 44.0 Å². The number of halogens is 1. The smallest absolute Gasteiger partial charge is 0.305 e. The van der Waals surface area contributed by atoms with E-state index in [0.717, 1.165) is 18.5 Å². The van der Waals surface area contributed by atoms with E-state index in [-0.39, 0.29) is 6.42 Å². The van der Waals surface area contributed by atoms with Crippen molar-refractivity contribution in [1.29, 1.82) is 0 Å². The number of nitrogens with one attached hydrogen (secondary N) is 1. The van der Waals surface area contributed by atoms with Gasteiger partial charge in [-0.1, -0.05) is 0 Å². The molecule has 2 N–H and O–H groups in total. The molecule has 1 heterocycles. The Labute approximate surface area is 132 Å². The van der Waals surface area contributed by atoms with Crippen molar-refractivity contribution in [3.8, 4) is 0 Å². The molecule has 2 aromatic rings. The number of pyridine rings is 1. The maximum absolute atomic E-state index is 13.5. The number of hydrogen-bond donors (Lipinski definition) is 2. The quantitative estimate of drug-likeness (QED) is 0.889. The summed E-state index contributed by atoms with van der Waals surface area (Å²) in [5.41, 5.74) is 1.75. The third-order valence-electron chi connectivity index (χ3n) is 3.89. The zero-order valence-electron chi connectivity index (χ0n) is 12.7. The summed E-state index contributed by atoms with van der Waals surface area (Å²) < 4.78 is 13.5. The van der Waals surface area contributed by atoms with Crippen LogP contribution >= 0.6 is 0 Å². The summed E-state index contributed by atoms with van der Waals surface area (Å²) in [7, 11) is 0. The van der Waals surface area contributed by atoms with Crippen LogP contribution in [0.4, 0.5) is 4.39 Å². The van der Waals surface area contributed by atoms with Crippen LogP contribution in [-0.4, -0.2) is 28.0 Å². The average Bonchev–Trinajstić information content (AvgIpc) is 3.29. The van der Waals surface area contributed by atoms with Crippen molar-refractivity contribution in [3.63, 3.8) is 0 Å². The SMILES string of the molecule is CC(CC(=O)O)NC(=O)c1cc(C2CC2)nc2ccc(F)cc12. The molecule has 1 saturated carbocycles. The molecular formula is C17H17FN2O3. The molecule has 3 rings (SSSR count). The number of benzene rings is 1. The molecule has 1 atom stereocenters. The van der Waals surface area contributed by atoms with E-state index < -0.39 is 23.7 Å². The molecular weight excluding hydrogens is 299 g/mol. The summed E-state index contributed by atoms with van der Waals surface area (Å²) in [6, 6.07) is 5.36. The number of carboxylic acids is 1. The Morgan fingerprint density at radius 3 is 2.78 bits per heavy atom. The highest BCUT2D eigenvalue weighted by atomic mass is 19.1. The third-order valence-corrected chi connectivity index (χ3v) is 3.89. The molecule has 6 heteroatoms. The normalized spacial score (nSPS) is 15.4. The van der Waals surface area contributed by atoms with Crippen LogP contribution < -0.4 is 5.32 Å². The standard InChI is InChI=1S/C17H17FN2O3/c1-9(6-16(21)22)19-17(23)13-8-15(10-2-3-10)20-14-5-4-11(18)7-12(13)14/h4-5,7-10H,2-3,6H2,1H3,(H,19,23)(H,21,22). The van der Waals surface area contributed by atoms with Gasteiger partial charge in [0, 0.05) is 23.0 Å². The second kappa shape index (κ2) is 5.95. The molecule has 5 nitrogen and oxygen atoms in total. The number of aromatic nitrogens is 1. The fourth-order valence-electron chi connectivity index (χ4n) is 2.61. The van der Waals surface area contributed by atoms with Gasteiger partial charge in [-0.3, -0.25) is 14.6 Å². The number of carbonyl (C=O) groups excluding carboxylic acids is 1. The summed E-state index contributed by atoms with van der Waals surface area (Å²) in [5, 5.41) is 11.9. The summed E-state index contributed by atoms with van der Waals surface area (Å²) in [5.74, 6) is -1.47. The number of rotatable bonds is 5. The molecule has 1 fully saturated rings. The van der Waals surface area contributed by atoms with Crippen molar-refractivity contribution in [3.05, 3.63) is 41.3 Å². The number of hydrogen-bond acceptors (Lipinski definition) is 3. The molecule has 1 aliphatic carbocycles. The Balaban J connectivity index is 1.98. The number of carbonyl (C=O) groups is 2. The summed E-state index contributed by atoms with van der Waals surface area (Å²) in [4.78, 5) is 27.7. The molecule has 1 aromatic heterocycles. The van der Waals surface area contributed by atoms with E-state index in [1.807, 2.05) is 0 Å². The van der Waals surface area contributed by atoms with Crippen LogP contribution in [0.1, 0.15) is 48.2 Å². The van der Waals surface area contributed by atoms with Gasteiger partial charge in [0.25, 0.3) is 5.91 Å². The highest BCUT2D eigenvalue weighted by Gasteiger charge is 2.27. The van der Waals surface area contributed by atoms with Gasteiger partial charge in [0.2, 0.25) is 0 Å². The van der Waals surface area contributed by atoms with E-state index in [1.165, 1.54) is 12.1 Å². The van der Waals surface area contributed by atoms with Crippen LogP contribution in [0.15, 0.2) is 24.3 Å². The fraction of sp³-hybridized carbons (Fsp3) is 0.353. The highest BCUT2D eigenvalue weighted by Crippen LogP contribution is 2.40. The molecule has 0 bridgehead atoms. The molecule has 0 aliphatic heterocycles. The van der Waals surface area contributed by atoms with Gasteiger partial charge >= 0.3 is 5.97 Å². The molecule has 0 saturated heterocycles. The van der Waals surface area contributed by atoms with Crippen molar-refractivity contribution in [2.75, 3.05) is 0 Å². The zero-order chi connectivity index (χ0) is 16.6. The van der Waals surface area contributed by atoms with Gasteiger partial charge in [0.1, 0.15) is 5.82 Å².